The summed E-state index contributed by atoms with van der Waals surface area (Å²) >= 11 is 0. The van der Waals surface area contributed by atoms with Crippen molar-refractivity contribution in [2.24, 2.45) is 11.7 Å². The van der Waals surface area contributed by atoms with E-state index in [4.69, 9.17) is 19.9 Å². The number of carbonyl (C=O) groups is 1. The van der Waals surface area contributed by atoms with Gasteiger partial charge >= 0.3 is 5.97 Å². The Morgan fingerprint density at radius 3 is 2.43 bits per heavy atom. The first-order valence-electron chi connectivity index (χ1n) is 9.34. The second-order valence-corrected chi connectivity index (χ2v) is 7.13. The second-order valence-electron chi connectivity index (χ2n) is 7.13. The van der Waals surface area contributed by atoms with Crippen molar-refractivity contribution in [3.05, 3.63) is 65.7 Å². The molecule has 1 aliphatic rings. The molecule has 4 atom stereocenters. The maximum absolute atomic E-state index is 12.1. The molecule has 0 aromatic heterocycles. The molecule has 1 heterocycles. The highest BCUT2D eigenvalue weighted by atomic mass is 35.5. The smallest absolute Gasteiger partial charge is 0.325 e. The molecule has 0 unspecified atom stereocenters. The van der Waals surface area contributed by atoms with E-state index in [0.717, 1.165) is 12.2 Å². The quantitative estimate of drug-likeness (QED) is 0.790. The Hall–Kier alpha value is -2.08. The molecule has 28 heavy (non-hydrogen) atoms. The number of nitrogens with two attached hydrogens (primary N) is 1. The molecule has 2 aromatic rings. The van der Waals surface area contributed by atoms with E-state index in [0.29, 0.717) is 6.61 Å². The number of halogens is 1. The molecule has 2 aromatic carbocycles. The van der Waals surface area contributed by atoms with E-state index in [1.165, 1.54) is 11.1 Å². The van der Waals surface area contributed by atoms with E-state index in [1.54, 1.807) is 0 Å². The third kappa shape index (κ3) is 5.96. The lowest BCUT2D eigenvalue weighted by molar-refractivity contribution is -0.155. The minimum atomic E-state index is -0.775. The van der Waals surface area contributed by atoms with Crippen molar-refractivity contribution in [3.63, 3.8) is 0 Å². The molecule has 152 valence electrons. The van der Waals surface area contributed by atoms with E-state index < -0.39 is 18.1 Å². The molecule has 0 spiro atoms. The molecular weight excluding hydrogens is 378 g/mol. The van der Waals surface area contributed by atoms with Crippen LogP contribution in [0.2, 0.25) is 0 Å². The van der Waals surface area contributed by atoms with E-state index in [9.17, 15) is 4.79 Å². The molecule has 5 nitrogen and oxygen atoms in total. The standard InChI is InChI=1S/C22H27NO4.ClH/c1-15-8-10-17(11-9-15)12-18-13-25-14-20(23)22(24)26-16(2)21(18)27-19-6-4-3-5-7-19;/h3-11,16,18,20-21H,12-14,23H2,1-2H3;1H/t16-,18-,20-,21-;/m0./s1. The molecule has 1 fully saturated rings. The monoisotopic (exact) mass is 405 g/mol. The normalized spacial score (nSPS) is 25.5. The summed E-state index contributed by atoms with van der Waals surface area (Å²) in [6, 6.07) is 17.2. The lowest BCUT2D eigenvalue weighted by Gasteiger charge is -2.31. The first-order chi connectivity index (χ1) is 13.0. The summed E-state index contributed by atoms with van der Waals surface area (Å²) < 4.78 is 17.6. The van der Waals surface area contributed by atoms with Crippen LogP contribution in [0.15, 0.2) is 54.6 Å². The third-order valence-corrected chi connectivity index (χ3v) is 4.80. The SMILES string of the molecule is Cc1ccc(C[C@H]2COC[C@H](N)C(=O)O[C@@H](C)[C@@H]2Oc2ccccc2)cc1.Cl. The molecule has 2 N–H and O–H groups in total. The molecule has 0 saturated carbocycles. The van der Waals surface area contributed by atoms with E-state index in [2.05, 4.69) is 31.2 Å². The van der Waals surface area contributed by atoms with Crippen LogP contribution in [0.3, 0.4) is 0 Å². The Morgan fingerprint density at radius 1 is 1.07 bits per heavy atom. The summed E-state index contributed by atoms with van der Waals surface area (Å²) in [4.78, 5) is 12.1. The predicted octanol–water partition coefficient (Wildman–Crippen LogP) is 3.31. The predicted molar refractivity (Wildman–Crippen MR) is 111 cm³/mol. The first-order valence-corrected chi connectivity index (χ1v) is 9.34. The summed E-state index contributed by atoms with van der Waals surface area (Å²) in [5.41, 5.74) is 8.26. The Kier molecular flexibility index (Phi) is 8.30. The van der Waals surface area contributed by atoms with Gasteiger partial charge in [0.05, 0.1) is 13.2 Å². The Balaban J connectivity index is 0.00000280. The van der Waals surface area contributed by atoms with Gasteiger partial charge in [-0.05, 0) is 38.0 Å². The van der Waals surface area contributed by atoms with Crippen molar-refractivity contribution in [2.45, 2.75) is 38.5 Å². The van der Waals surface area contributed by atoms with E-state index in [1.807, 2.05) is 37.3 Å². The average molecular weight is 406 g/mol. The zero-order valence-corrected chi connectivity index (χ0v) is 17.1. The topological polar surface area (TPSA) is 70.8 Å². The van der Waals surface area contributed by atoms with Crippen LogP contribution in [0.4, 0.5) is 0 Å². The molecule has 0 aliphatic carbocycles. The van der Waals surface area contributed by atoms with Gasteiger partial charge in [-0.3, -0.25) is 4.79 Å². The molecule has 0 bridgehead atoms. The first kappa shape index (κ1) is 22.2. The maximum Gasteiger partial charge on any atom is 0.325 e. The number of aryl methyl sites for hydroxylation is 1. The molecule has 6 heteroatoms. The Morgan fingerprint density at radius 2 is 1.75 bits per heavy atom. The van der Waals surface area contributed by atoms with Gasteiger partial charge in [-0.25, -0.2) is 0 Å². The van der Waals surface area contributed by atoms with Crippen LogP contribution >= 0.6 is 12.4 Å². The van der Waals surface area contributed by atoms with Crippen molar-refractivity contribution in [3.8, 4) is 5.75 Å². The lowest BCUT2D eigenvalue weighted by atomic mass is 9.91. The number of esters is 1. The van der Waals surface area contributed by atoms with Gasteiger partial charge in [-0.1, -0.05) is 48.0 Å². The van der Waals surface area contributed by atoms with E-state index in [-0.39, 0.29) is 31.0 Å². The highest BCUT2D eigenvalue weighted by molar-refractivity contribution is 5.85. The van der Waals surface area contributed by atoms with Gasteiger partial charge in [0, 0.05) is 5.92 Å². The van der Waals surface area contributed by atoms with Crippen LogP contribution in [-0.2, 0) is 20.7 Å². The Labute approximate surface area is 172 Å². The van der Waals surface area contributed by atoms with Gasteiger partial charge in [0.25, 0.3) is 0 Å². The van der Waals surface area contributed by atoms with Crippen molar-refractivity contribution < 1.29 is 19.0 Å². The maximum atomic E-state index is 12.1. The van der Waals surface area contributed by atoms with Crippen LogP contribution in [0.1, 0.15) is 18.1 Å². The lowest BCUT2D eigenvalue weighted by Crippen LogP contribution is -2.43. The van der Waals surface area contributed by atoms with Gasteiger partial charge in [0.15, 0.2) is 0 Å². The fraction of sp³-hybridized carbons (Fsp3) is 0.409. The fourth-order valence-electron chi connectivity index (χ4n) is 3.28. The Bertz CT molecular complexity index is 738. The van der Waals surface area contributed by atoms with Gasteiger partial charge in [-0.2, -0.15) is 0 Å². The zero-order valence-electron chi connectivity index (χ0n) is 16.2. The van der Waals surface area contributed by atoms with Crippen molar-refractivity contribution in [1.82, 2.24) is 0 Å². The molecule has 0 radical (unpaired) electrons. The summed E-state index contributed by atoms with van der Waals surface area (Å²) in [5.74, 6) is 0.295. The summed E-state index contributed by atoms with van der Waals surface area (Å²) in [6.07, 6.45) is -0.0293. The molecular formula is C22H28ClNO4. The number of ether oxygens (including phenoxy) is 3. The van der Waals surface area contributed by atoms with Crippen molar-refractivity contribution >= 4 is 18.4 Å². The number of rotatable bonds is 4. The van der Waals surface area contributed by atoms with Gasteiger partial charge in [0.1, 0.15) is 24.0 Å². The number of carbonyl (C=O) groups excluding carboxylic acids is 1. The van der Waals surface area contributed by atoms with Crippen LogP contribution in [0, 0.1) is 12.8 Å². The highest BCUT2D eigenvalue weighted by Crippen LogP contribution is 2.25. The molecule has 1 saturated heterocycles. The van der Waals surface area contributed by atoms with E-state index >= 15 is 0 Å². The van der Waals surface area contributed by atoms with Crippen LogP contribution in [0.25, 0.3) is 0 Å². The number of hydrogen-bond acceptors (Lipinski definition) is 5. The largest absolute Gasteiger partial charge is 0.486 e. The summed E-state index contributed by atoms with van der Waals surface area (Å²) in [6.45, 7) is 4.51. The molecule has 1 aliphatic heterocycles. The summed E-state index contributed by atoms with van der Waals surface area (Å²) in [5, 5.41) is 0. The molecule has 3 rings (SSSR count). The van der Waals surface area contributed by atoms with Gasteiger partial charge in [0.2, 0.25) is 0 Å². The van der Waals surface area contributed by atoms with Crippen molar-refractivity contribution in [1.29, 1.82) is 0 Å². The number of para-hydroxylation sites is 1. The highest BCUT2D eigenvalue weighted by Gasteiger charge is 2.34. The van der Waals surface area contributed by atoms with Crippen LogP contribution < -0.4 is 10.5 Å². The minimum Gasteiger partial charge on any atom is -0.486 e. The second kappa shape index (κ2) is 10.5. The molecule has 0 amide bonds. The zero-order chi connectivity index (χ0) is 19.2. The number of cyclic esters (lactones) is 1. The number of benzene rings is 2. The fourth-order valence-corrected chi connectivity index (χ4v) is 3.28. The van der Waals surface area contributed by atoms with Gasteiger partial charge < -0.3 is 19.9 Å². The van der Waals surface area contributed by atoms with Gasteiger partial charge in [-0.15, -0.1) is 12.4 Å². The average Bonchev–Trinajstić information content (AvgIpc) is 2.71. The third-order valence-electron chi connectivity index (χ3n) is 4.80. The number of hydrogen-bond donors (Lipinski definition) is 1. The van der Waals surface area contributed by atoms with Crippen LogP contribution in [-0.4, -0.2) is 37.4 Å². The summed E-state index contributed by atoms with van der Waals surface area (Å²) in [7, 11) is 0. The van der Waals surface area contributed by atoms with Crippen LogP contribution in [0.5, 0.6) is 5.75 Å². The van der Waals surface area contributed by atoms with Crippen molar-refractivity contribution in [2.75, 3.05) is 13.2 Å². The minimum absolute atomic E-state index is 0.